The summed E-state index contributed by atoms with van der Waals surface area (Å²) in [7, 11) is 0. The van der Waals surface area contributed by atoms with Crippen molar-refractivity contribution in [2.45, 2.75) is 20.3 Å². The quantitative estimate of drug-likeness (QED) is 0.529. The van der Waals surface area contributed by atoms with Crippen molar-refractivity contribution >= 4 is 5.78 Å². The normalized spacial score (nSPS) is 10.1. The molecule has 0 radical (unpaired) electrons. The van der Waals surface area contributed by atoms with Gasteiger partial charge in [-0.1, -0.05) is 23.8 Å². The van der Waals surface area contributed by atoms with Gasteiger partial charge in [-0.3, -0.25) is 4.79 Å². The summed E-state index contributed by atoms with van der Waals surface area (Å²) in [6.07, 6.45) is 0.470. The van der Waals surface area contributed by atoms with Crippen molar-refractivity contribution in [1.29, 1.82) is 0 Å². The van der Waals surface area contributed by atoms with Crippen molar-refractivity contribution < 1.29 is 9.53 Å². The topological polar surface area (TPSA) is 26.3 Å². The first kappa shape index (κ1) is 10.9. The molecule has 2 heteroatoms. The van der Waals surface area contributed by atoms with Crippen LogP contribution >= 0.6 is 0 Å². The number of aryl methyl sites for hydroxylation is 1. The molecule has 0 bridgehead atoms. The Morgan fingerprint density at radius 1 is 1.43 bits per heavy atom. The highest BCUT2D eigenvalue weighted by molar-refractivity contribution is 5.96. The summed E-state index contributed by atoms with van der Waals surface area (Å²) in [5.74, 6) is 0.155. The Balaban J connectivity index is 2.52. The van der Waals surface area contributed by atoms with Crippen LogP contribution in [-0.2, 0) is 4.74 Å². The van der Waals surface area contributed by atoms with E-state index in [4.69, 9.17) is 4.74 Å². The second-order valence-electron chi connectivity index (χ2n) is 3.24. The number of hydrogen-bond acceptors (Lipinski definition) is 2. The lowest BCUT2D eigenvalue weighted by Gasteiger charge is -2.02. The van der Waals surface area contributed by atoms with E-state index < -0.39 is 0 Å². The van der Waals surface area contributed by atoms with Crippen molar-refractivity contribution in [2.24, 2.45) is 0 Å². The van der Waals surface area contributed by atoms with Crippen molar-refractivity contribution in [3.63, 3.8) is 0 Å². The molecule has 1 rings (SSSR count). The van der Waals surface area contributed by atoms with Gasteiger partial charge in [-0.15, -0.1) is 0 Å². The second kappa shape index (κ2) is 5.55. The minimum Gasteiger partial charge on any atom is -0.381 e. The predicted octanol–water partition coefficient (Wildman–Crippen LogP) is 2.60. The van der Waals surface area contributed by atoms with Gasteiger partial charge in [-0.05, 0) is 19.9 Å². The molecule has 0 saturated heterocycles. The van der Waals surface area contributed by atoms with Crippen molar-refractivity contribution in [1.82, 2.24) is 0 Å². The van der Waals surface area contributed by atoms with E-state index in [1.807, 2.05) is 38.1 Å². The Bertz CT molecular complexity index is 305. The molecular weight excluding hydrogens is 176 g/mol. The molecule has 2 nitrogen and oxygen atoms in total. The van der Waals surface area contributed by atoms with E-state index in [1.165, 1.54) is 0 Å². The number of carbonyl (C=O) groups is 1. The minimum atomic E-state index is 0.155. The molecule has 0 N–H and O–H groups in total. The molecule has 1 aromatic carbocycles. The van der Waals surface area contributed by atoms with Crippen LogP contribution in [0.1, 0.15) is 29.3 Å². The fourth-order valence-corrected chi connectivity index (χ4v) is 1.27. The van der Waals surface area contributed by atoms with Gasteiger partial charge in [-0.2, -0.15) is 0 Å². The van der Waals surface area contributed by atoms with Crippen molar-refractivity contribution in [3.05, 3.63) is 35.4 Å². The number of Topliss-reactive ketones (excluding diaryl/α,β-unsaturated/α-hetero) is 1. The molecule has 0 amide bonds. The maximum atomic E-state index is 11.6. The van der Waals surface area contributed by atoms with E-state index in [-0.39, 0.29) is 5.78 Å². The third-order valence-corrected chi connectivity index (χ3v) is 2.02. The number of benzene rings is 1. The van der Waals surface area contributed by atoms with E-state index in [2.05, 4.69) is 0 Å². The van der Waals surface area contributed by atoms with Crippen LogP contribution in [0.4, 0.5) is 0 Å². The molecule has 0 aliphatic rings. The van der Waals surface area contributed by atoms with Crippen LogP contribution in [-0.4, -0.2) is 19.0 Å². The minimum absolute atomic E-state index is 0.155. The van der Waals surface area contributed by atoms with Gasteiger partial charge >= 0.3 is 0 Å². The highest BCUT2D eigenvalue weighted by Crippen LogP contribution is 2.06. The molecule has 76 valence electrons. The van der Waals surface area contributed by atoms with Gasteiger partial charge in [0.15, 0.2) is 5.78 Å². The maximum Gasteiger partial charge on any atom is 0.165 e. The molecule has 14 heavy (non-hydrogen) atoms. The molecule has 0 aromatic heterocycles. The fourth-order valence-electron chi connectivity index (χ4n) is 1.27. The zero-order chi connectivity index (χ0) is 10.4. The summed E-state index contributed by atoms with van der Waals surface area (Å²) < 4.78 is 5.14. The van der Waals surface area contributed by atoms with Gasteiger partial charge in [0.05, 0.1) is 6.61 Å². The Morgan fingerprint density at radius 2 is 2.21 bits per heavy atom. The lowest BCUT2D eigenvalue weighted by molar-refractivity contribution is 0.0896. The van der Waals surface area contributed by atoms with Crippen LogP contribution in [0, 0.1) is 6.92 Å². The van der Waals surface area contributed by atoms with Crippen LogP contribution in [0.25, 0.3) is 0 Å². The Morgan fingerprint density at radius 3 is 2.86 bits per heavy atom. The molecule has 0 unspecified atom stereocenters. The first-order valence-electron chi connectivity index (χ1n) is 4.91. The summed E-state index contributed by atoms with van der Waals surface area (Å²) in [4.78, 5) is 11.6. The third kappa shape index (κ3) is 3.30. The van der Waals surface area contributed by atoms with Gasteiger partial charge in [0, 0.05) is 18.6 Å². The van der Waals surface area contributed by atoms with E-state index in [0.717, 1.165) is 11.1 Å². The summed E-state index contributed by atoms with van der Waals surface area (Å²) in [6, 6.07) is 7.65. The van der Waals surface area contributed by atoms with Gasteiger partial charge in [0.2, 0.25) is 0 Å². The standard InChI is InChI=1S/C12H16O2/c1-3-14-8-7-12(13)11-6-4-5-10(2)9-11/h4-6,9H,3,7-8H2,1-2H3. The molecule has 0 fully saturated rings. The number of carbonyl (C=O) groups excluding carboxylic acids is 1. The largest absolute Gasteiger partial charge is 0.381 e. The Kier molecular flexibility index (Phi) is 4.33. The van der Waals surface area contributed by atoms with Crippen LogP contribution in [0.2, 0.25) is 0 Å². The lowest BCUT2D eigenvalue weighted by Crippen LogP contribution is -2.04. The SMILES string of the molecule is CCOCCC(=O)c1cccc(C)c1. The first-order chi connectivity index (χ1) is 6.74. The predicted molar refractivity (Wildman–Crippen MR) is 56.6 cm³/mol. The molecule has 0 atom stereocenters. The summed E-state index contributed by atoms with van der Waals surface area (Å²) in [5.41, 5.74) is 1.90. The highest BCUT2D eigenvalue weighted by Gasteiger charge is 2.04. The zero-order valence-corrected chi connectivity index (χ0v) is 8.75. The molecule has 1 aromatic rings. The van der Waals surface area contributed by atoms with Crippen molar-refractivity contribution in [3.8, 4) is 0 Å². The zero-order valence-electron chi connectivity index (χ0n) is 8.75. The maximum absolute atomic E-state index is 11.6. The third-order valence-electron chi connectivity index (χ3n) is 2.02. The fraction of sp³-hybridized carbons (Fsp3) is 0.417. The lowest BCUT2D eigenvalue weighted by atomic mass is 10.1. The average Bonchev–Trinajstić information content (AvgIpc) is 2.18. The summed E-state index contributed by atoms with van der Waals surface area (Å²) in [5, 5.41) is 0. The molecule has 0 aliphatic carbocycles. The van der Waals surface area contributed by atoms with Gasteiger partial charge < -0.3 is 4.74 Å². The van der Waals surface area contributed by atoms with Crippen LogP contribution in [0.3, 0.4) is 0 Å². The van der Waals surface area contributed by atoms with E-state index in [9.17, 15) is 4.79 Å². The summed E-state index contributed by atoms with van der Waals surface area (Å²) >= 11 is 0. The Hall–Kier alpha value is -1.15. The van der Waals surface area contributed by atoms with E-state index in [0.29, 0.717) is 19.6 Å². The molecule has 0 spiro atoms. The molecule has 0 aliphatic heterocycles. The van der Waals surface area contributed by atoms with E-state index in [1.54, 1.807) is 0 Å². The highest BCUT2D eigenvalue weighted by atomic mass is 16.5. The monoisotopic (exact) mass is 192 g/mol. The molecule has 0 saturated carbocycles. The van der Waals surface area contributed by atoms with Crippen molar-refractivity contribution in [2.75, 3.05) is 13.2 Å². The van der Waals surface area contributed by atoms with Gasteiger partial charge in [-0.25, -0.2) is 0 Å². The molecule has 0 heterocycles. The smallest absolute Gasteiger partial charge is 0.165 e. The summed E-state index contributed by atoms with van der Waals surface area (Å²) in [6.45, 7) is 5.10. The van der Waals surface area contributed by atoms with Gasteiger partial charge in [0.25, 0.3) is 0 Å². The number of hydrogen-bond donors (Lipinski definition) is 0. The molecular formula is C12H16O2. The number of ketones is 1. The van der Waals surface area contributed by atoms with E-state index >= 15 is 0 Å². The Labute approximate surface area is 84.9 Å². The van der Waals surface area contributed by atoms with Gasteiger partial charge in [0.1, 0.15) is 0 Å². The first-order valence-corrected chi connectivity index (χ1v) is 4.91. The number of rotatable bonds is 5. The number of ether oxygens (including phenoxy) is 1. The van der Waals surface area contributed by atoms with Crippen LogP contribution in [0.5, 0.6) is 0 Å². The van der Waals surface area contributed by atoms with Crippen LogP contribution in [0.15, 0.2) is 24.3 Å². The second-order valence-corrected chi connectivity index (χ2v) is 3.24. The average molecular weight is 192 g/mol. The van der Waals surface area contributed by atoms with Crippen LogP contribution < -0.4 is 0 Å².